The van der Waals surface area contributed by atoms with Gasteiger partial charge in [0.2, 0.25) is 16.0 Å². The first-order valence-electron chi connectivity index (χ1n) is 10.6. The molecule has 172 valence electrons. The summed E-state index contributed by atoms with van der Waals surface area (Å²) in [5.41, 5.74) is 4.30. The molecule has 0 spiro atoms. The van der Waals surface area contributed by atoms with E-state index in [4.69, 9.17) is 0 Å². The van der Waals surface area contributed by atoms with Crippen LogP contribution in [0.5, 0.6) is 0 Å². The maximum atomic E-state index is 14.7. The number of nitrogens with one attached hydrogen (secondary N) is 2. The number of rotatable bonds is 8. The van der Waals surface area contributed by atoms with Crippen molar-refractivity contribution in [3.8, 4) is 0 Å². The van der Waals surface area contributed by atoms with Gasteiger partial charge in [0.1, 0.15) is 11.5 Å². The van der Waals surface area contributed by atoms with Crippen LogP contribution in [0.15, 0.2) is 48.8 Å². The van der Waals surface area contributed by atoms with Crippen LogP contribution in [0, 0.1) is 18.7 Å². The average Bonchev–Trinajstić information content (AvgIpc) is 3.17. The number of aromatic amines is 1. The highest BCUT2D eigenvalue weighted by atomic mass is 32.2. The van der Waals surface area contributed by atoms with E-state index in [2.05, 4.69) is 19.7 Å². The Morgan fingerprint density at radius 2 is 1.85 bits per heavy atom. The number of hydrogen-bond acceptors (Lipinski definition) is 4. The van der Waals surface area contributed by atoms with Crippen molar-refractivity contribution in [1.29, 1.82) is 0 Å². The number of fused-ring (bicyclic) bond motifs is 1. The van der Waals surface area contributed by atoms with Gasteiger partial charge in [0.15, 0.2) is 0 Å². The van der Waals surface area contributed by atoms with Crippen molar-refractivity contribution in [2.75, 3.05) is 10.5 Å². The van der Waals surface area contributed by atoms with E-state index in [-0.39, 0.29) is 12.2 Å². The fraction of sp³-hybridized carbons (Fsp3) is 0.250. The molecule has 0 aliphatic heterocycles. The molecule has 0 amide bonds. The Morgan fingerprint density at radius 1 is 1.03 bits per heavy atom. The summed E-state index contributed by atoms with van der Waals surface area (Å²) in [7, 11) is -3.46. The minimum Gasteiger partial charge on any atom is -0.346 e. The summed E-state index contributed by atoms with van der Waals surface area (Å²) in [4.78, 5) is 11.5. The van der Waals surface area contributed by atoms with Crippen LogP contribution >= 0.6 is 0 Å². The summed E-state index contributed by atoms with van der Waals surface area (Å²) in [6.07, 6.45) is 4.55. The van der Waals surface area contributed by atoms with Crippen molar-refractivity contribution in [2.45, 2.75) is 33.1 Å². The highest BCUT2D eigenvalue weighted by Gasteiger charge is 2.13. The molecular weight excluding hydrogens is 446 g/mol. The molecule has 0 saturated heterocycles. The van der Waals surface area contributed by atoms with Gasteiger partial charge in [-0.05, 0) is 73.7 Å². The molecule has 2 N–H and O–H groups in total. The summed E-state index contributed by atoms with van der Waals surface area (Å²) < 4.78 is 54.9. The Balaban J connectivity index is 1.47. The van der Waals surface area contributed by atoms with Crippen molar-refractivity contribution >= 4 is 26.7 Å². The molecule has 6 nitrogen and oxygen atoms in total. The van der Waals surface area contributed by atoms with Crippen LogP contribution in [0.25, 0.3) is 11.0 Å². The van der Waals surface area contributed by atoms with Crippen LogP contribution < -0.4 is 4.72 Å². The second-order valence-electron chi connectivity index (χ2n) is 7.96. The Hall–Kier alpha value is -3.33. The van der Waals surface area contributed by atoms with Crippen molar-refractivity contribution in [3.05, 3.63) is 88.5 Å². The number of pyridine rings is 2. The van der Waals surface area contributed by atoms with Gasteiger partial charge in [-0.25, -0.2) is 22.8 Å². The van der Waals surface area contributed by atoms with Gasteiger partial charge in [-0.15, -0.1) is 0 Å². The predicted octanol–water partition coefficient (Wildman–Crippen LogP) is 4.68. The molecule has 3 heterocycles. The predicted molar refractivity (Wildman–Crippen MR) is 125 cm³/mol. The molecule has 0 unspecified atom stereocenters. The smallest absolute Gasteiger partial charge is 0.232 e. The topological polar surface area (TPSA) is 87.7 Å². The molecule has 0 fully saturated rings. The number of nitrogens with zero attached hydrogens (tertiary/aromatic N) is 2. The molecule has 33 heavy (non-hydrogen) atoms. The lowest BCUT2D eigenvalue weighted by Crippen LogP contribution is -2.14. The van der Waals surface area contributed by atoms with E-state index < -0.39 is 21.8 Å². The average molecular weight is 471 g/mol. The molecule has 0 aliphatic rings. The minimum atomic E-state index is -3.46. The Bertz CT molecular complexity index is 1420. The summed E-state index contributed by atoms with van der Waals surface area (Å²) in [5.74, 6) is -1.09. The van der Waals surface area contributed by atoms with Gasteiger partial charge >= 0.3 is 0 Å². The van der Waals surface area contributed by atoms with Crippen molar-refractivity contribution in [2.24, 2.45) is 0 Å². The number of aryl methyl sites for hydroxylation is 3. The zero-order valence-electron chi connectivity index (χ0n) is 18.3. The van der Waals surface area contributed by atoms with Crippen LogP contribution in [-0.4, -0.2) is 29.1 Å². The summed E-state index contributed by atoms with van der Waals surface area (Å²) in [6.45, 7) is 3.48. The molecular formula is C24H24F2N4O2S. The summed E-state index contributed by atoms with van der Waals surface area (Å²) >= 11 is 0. The first kappa shape index (κ1) is 22.8. The van der Waals surface area contributed by atoms with Gasteiger partial charge in [-0.1, -0.05) is 6.07 Å². The summed E-state index contributed by atoms with van der Waals surface area (Å²) in [5, 5.41) is 0.951. The van der Waals surface area contributed by atoms with E-state index >= 15 is 0 Å². The van der Waals surface area contributed by atoms with Gasteiger partial charge in [0, 0.05) is 41.1 Å². The number of anilines is 1. The Morgan fingerprint density at radius 3 is 2.61 bits per heavy atom. The fourth-order valence-electron chi connectivity index (χ4n) is 3.63. The molecule has 0 radical (unpaired) electrons. The largest absolute Gasteiger partial charge is 0.346 e. The van der Waals surface area contributed by atoms with Gasteiger partial charge < -0.3 is 4.98 Å². The number of aromatic nitrogens is 3. The summed E-state index contributed by atoms with van der Waals surface area (Å²) in [6, 6.07) is 9.50. The molecule has 3 aromatic heterocycles. The first-order valence-corrected chi connectivity index (χ1v) is 12.2. The third kappa shape index (κ3) is 5.36. The van der Waals surface area contributed by atoms with Crippen molar-refractivity contribution in [1.82, 2.24) is 15.0 Å². The Kier molecular flexibility index (Phi) is 6.42. The molecule has 0 bridgehead atoms. The van der Waals surface area contributed by atoms with Crippen LogP contribution in [-0.2, 0) is 29.3 Å². The zero-order valence-corrected chi connectivity index (χ0v) is 19.1. The third-order valence-electron chi connectivity index (χ3n) is 5.47. The van der Waals surface area contributed by atoms with E-state index in [1.165, 1.54) is 25.1 Å². The second kappa shape index (κ2) is 9.27. The quantitative estimate of drug-likeness (QED) is 0.366. The van der Waals surface area contributed by atoms with Gasteiger partial charge in [-0.2, -0.15) is 4.39 Å². The molecule has 9 heteroatoms. The third-order valence-corrected chi connectivity index (χ3v) is 6.77. The molecule has 0 aliphatic carbocycles. The van der Waals surface area contributed by atoms with Crippen LogP contribution in [0.1, 0.15) is 34.9 Å². The normalized spacial score (nSPS) is 11.8. The highest BCUT2D eigenvalue weighted by molar-refractivity contribution is 7.92. The van der Waals surface area contributed by atoms with E-state index in [0.717, 1.165) is 22.2 Å². The number of H-pyrrole nitrogens is 1. The van der Waals surface area contributed by atoms with Gasteiger partial charge in [0.05, 0.1) is 5.75 Å². The molecule has 4 aromatic rings. The lowest BCUT2D eigenvalue weighted by molar-refractivity contribution is 0.561. The zero-order chi connectivity index (χ0) is 23.6. The monoisotopic (exact) mass is 470 g/mol. The number of halogens is 2. The number of sulfonamides is 1. The van der Waals surface area contributed by atoms with Crippen LogP contribution in [0.4, 0.5) is 14.5 Å². The van der Waals surface area contributed by atoms with Gasteiger partial charge in [0.25, 0.3) is 0 Å². The molecule has 4 rings (SSSR count). The Labute approximate surface area is 191 Å². The van der Waals surface area contributed by atoms with Crippen molar-refractivity contribution < 1.29 is 17.2 Å². The van der Waals surface area contributed by atoms with Crippen molar-refractivity contribution in [3.63, 3.8) is 0 Å². The van der Waals surface area contributed by atoms with E-state index in [1.807, 2.05) is 19.2 Å². The maximum absolute atomic E-state index is 14.7. The second-order valence-corrected chi connectivity index (χ2v) is 9.97. The fourth-order valence-corrected chi connectivity index (χ4v) is 4.26. The highest BCUT2D eigenvalue weighted by Crippen LogP contribution is 2.22. The van der Waals surface area contributed by atoms with E-state index in [1.54, 1.807) is 18.3 Å². The van der Waals surface area contributed by atoms with Gasteiger partial charge in [-0.3, -0.25) is 4.72 Å². The molecule has 0 saturated carbocycles. The molecule has 1 aromatic carbocycles. The van der Waals surface area contributed by atoms with E-state index in [9.17, 15) is 17.2 Å². The number of benzene rings is 1. The molecule has 0 atom stereocenters. The first-order chi connectivity index (χ1) is 15.7. The van der Waals surface area contributed by atoms with Crippen LogP contribution in [0.3, 0.4) is 0 Å². The SMILES string of the molecule is CCS(=O)(=O)Nc1ccc(F)c(CCc2ccc(Cc3c[nH]c4ncc(C)cc34)c(F)n2)c1. The van der Waals surface area contributed by atoms with Crippen LogP contribution in [0.2, 0.25) is 0 Å². The maximum Gasteiger partial charge on any atom is 0.232 e. The standard InChI is InChI=1S/C24H24F2N4O2S/c1-3-33(31,32)30-20-8-9-22(25)16(12-20)4-6-19-7-5-17(23(26)29-19)11-18-14-28-24-21(18)10-15(2)13-27-24/h5,7-10,12-14,30H,3-4,6,11H2,1-2H3,(H,27,28). The number of hydrogen-bond donors (Lipinski definition) is 2. The lowest BCUT2D eigenvalue weighted by Gasteiger charge is -2.10. The lowest BCUT2D eigenvalue weighted by atomic mass is 10.0. The van der Waals surface area contributed by atoms with E-state index in [0.29, 0.717) is 35.3 Å². The minimum absolute atomic E-state index is 0.0794.